The molecule has 1 aliphatic rings. The second-order valence-corrected chi connectivity index (χ2v) is 5.36. The Labute approximate surface area is 115 Å². The van der Waals surface area contributed by atoms with E-state index >= 15 is 0 Å². The van der Waals surface area contributed by atoms with Gasteiger partial charge in [-0.15, -0.1) is 11.3 Å². The summed E-state index contributed by atoms with van der Waals surface area (Å²) in [6.07, 6.45) is 2.78. The Morgan fingerprint density at radius 3 is 3.16 bits per heavy atom. The second kappa shape index (κ2) is 5.50. The Morgan fingerprint density at radius 1 is 1.47 bits per heavy atom. The van der Waals surface area contributed by atoms with Crippen LogP contribution in [0.3, 0.4) is 0 Å². The van der Waals surface area contributed by atoms with E-state index in [1.165, 1.54) is 0 Å². The summed E-state index contributed by atoms with van der Waals surface area (Å²) in [7, 11) is 0. The Kier molecular flexibility index (Phi) is 3.56. The lowest BCUT2D eigenvalue weighted by atomic mass is 10.0. The van der Waals surface area contributed by atoms with Crippen molar-refractivity contribution < 1.29 is 4.74 Å². The van der Waals surface area contributed by atoms with Crippen LogP contribution in [0, 0.1) is 0 Å². The Hall–Kier alpha value is -1.73. The summed E-state index contributed by atoms with van der Waals surface area (Å²) in [6.45, 7) is 2.15. The highest BCUT2D eigenvalue weighted by molar-refractivity contribution is 7.09. The molecule has 2 aromatic heterocycles. The molecule has 6 nitrogen and oxygen atoms in total. The third kappa shape index (κ3) is 2.99. The van der Waals surface area contributed by atoms with Gasteiger partial charge >= 0.3 is 0 Å². The van der Waals surface area contributed by atoms with Gasteiger partial charge in [0.1, 0.15) is 10.8 Å². The van der Waals surface area contributed by atoms with Crippen molar-refractivity contribution in [2.75, 3.05) is 24.3 Å². The first-order valence-corrected chi connectivity index (χ1v) is 7.03. The predicted octanol–water partition coefficient (Wildman–Crippen LogP) is 1.63. The Balaban J connectivity index is 1.73. The average molecular weight is 277 g/mol. The molecule has 1 fully saturated rings. The number of nitrogens with zero attached hydrogens (tertiary/aromatic N) is 3. The van der Waals surface area contributed by atoms with E-state index in [4.69, 9.17) is 10.5 Å². The van der Waals surface area contributed by atoms with Crippen LogP contribution in [0.5, 0.6) is 0 Å². The quantitative estimate of drug-likeness (QED) is 0.883. The van der Waals surface area contributed by atoms with Gasteiger partial charge < -0.3 is 15.8 Å². The van der Waals surface area contributed by atoms with E-state index in [1.807, 2.05) is 11.4 Å². The van der Waals surface area contributed by atoms with Crippen LogP contribution in [0.2, 0.25) is 0 Å². The zero-order valence-electron chi connectivity index (χ0n) is 10.4. The van der Waals surface area contributed by atoms with Crippen LogP contribution in [0.1, 0.15) is 23.0 Å². The average Bonchev–Trinajstić information content (AvgIpc) is 3.09. The van der Waals surface area contributed by atoms with Crippen molar-refractivity contribution in [3.8, 4) is 0 Å². The molecule has 0 aliphatic carbocycles. The number of nitrogen functional groups attached to an aromatic ring is 1. The number of nitrogens with two attached hydrogens (primary N) is 1. The number of rotatable bonds is 4. The number of anilines is 2. The number of hydrogen-bond donors (Lipinski definition) is 2. The molecule has 3 rings (SSSR count). The first-order valence-electron chi connectivity index (χ1n) is 6.16. The number of nitrogens with one attached hydrogen (secondary N) is 1. The standard InChI is InChI=1S/C12H15N5OS/c13-12-16-9(8-1-3-18-7-8)5-10(17-12)15-6-11-14-2-4-19-11/h2,4-5,8H,1,3,6-7H2,(H3,13,15,16,17). The van der Waals surface area contributed by atoms with Gasteiger partial charge in [0, 0.05) is 30.2 Å². The molecular formula is C12H15N5OS. The van der Waals surface area contributed by atoms with Gasteiger partial charge in [-0.25, -0.2) is 9.97 Å². The van der Waals surface area contributed by atoms with E-state index in [2.05, 4.69) is 20.3 Å². The minimum Gasteiger partial charge on any atom is -0.381 e. The molecule has 0 bridgehead atoms. The molecule has 0 amide bonds. The normalized spacial score (nSPS) is 18.6. The van der Waals surface area contributed by atoms with E-state index in [1.54, 1.807) is 17.5 Å². The molecule has 100 valence electrons. The van der Waals surface area contributed by atoms with Gasteiger partial charge in [-0.3, -0.25) is 0 Å². The minimum absolute atomic E-state index is 0.297. The first-order chi connectivity index (χ1) is 9.31. The zero-order chi connectivity index (χ0) is 13.1. The van der Waals surface area contributed by atoms with Crippen molar-refractivity contribution >= 4 is 23.1 Å². The Morgan fingerprint density at radius 2 is 2.42 bits per heavy atom. The van der Waals surface area contributed by atoms with Gasteiger partial charge in [-0.2, -0.15) is 4.98 Å². The minimum atomic E-state index is 0.297. The van der Waals surface area contributed by atoms with Crippen molar-refractivity contribution in [3.63, 3.8) is 0 Å². The van der Waals surface area contributed by atoms with E-state index in [-0.39, 0.29) is 0 Å². The smallest absolute Gasteiger partial charge is 0.222 e. The number of thiazole rings is 1. The highest BCUT2D eigenvalue weighted by Gasteiger charge is 2.20. The molecule has 1 atom stereocenters. The van der Waals surface area contributed by atoms with Crippen molar-refractivity contribution in [2.24, 2.45) is 0 Å². The van der Waals surface area contributed by atoms with Gasteiger partial charge in [-0.05, 0) is 6.42 Å². The van der Waals surface area contributed by atoms with Crippen molar-refractivity contribution in [1.29, 1.82) is 0 Å². The highest BCUT2D eigenvalue weighted by Crippen LogP contribution is 2.25. The fourth-order valence-corrected chi connectivity index (χ4v) is 2.62. The lowest BCUT2D eigenvalue weighted by Crippen LogP contribution is -2.09. The Bertz CT molecular complexity index is 539. The molecule has 2 aromatic rings. The van der Waals surface area contributed by atoms with Crippen LogP contribution in [0.15, 0.2) is 17.6 Å². The lowest BCUT2D eigenvalue weighted by Gasteiger charge is -2.10. The maximum atomic E-state index is 5.76. The summed E-state index contributed by atoms with van der Waals surface area (Å²) in [5.74, 6) is 1.36. The molecule has 3 N–H and O–H groups in total. The maximum Gasteiger partial charge on any atom is 0.222 e. The monoisotopic (exact) mass is 277 g/mol. The van der Waals surface area contributed by atoms with Gasteiger partial charge in [0.15, 0.2) is 0 Å². The molecule has 0 aromatic carbocycles. The van der Waals surface area contributed by atoms with E-state index in [0.717, 1.165) is 29.5 Å². The predicted molar refractivity (Wildman–Crippen MR) is 74.1 cm³/mol. The highest BCUT2D eigenvalue weighted by atomic mass is 32.1. The third-order valence-corrected chi connectivity index (χ3v) is 3.80. The summed E-state index contributed by atoms with van der Waals surface area (Å²) in [6, 6.07) is 1.95. The fraction of sp³-hybridized carbons (Fsp3) is 0.417. The number of aromatic nitrogens is 3. The molecule has 0 saturated carbocycles. The topological polar surface area (TPSA) is 86.0 Å². The molecule has 0 spiro atoms. The molecular weight excluding hydrogens is 262 g/mol. The summed E-state index contributed by atoms with van der Waals surface area (Å²) in [5.41, 5.74) is 6.71. The van der Waals surface area contributed by atoms with Crippen molar-refractivity contribution in [1.82, 2.24) is 15.0 Å². The van der Waals surface area contributed by atoms with Crippen LogP contribution in [-0.2, 0) is 11.3 Å². The zero-order valence-corrected chi connectivity index (χ0v) is 11.2. The maximum absolute atomic E-state index is 5.76. The van der Waals surface area contributed by atoms with Gasteiger partial charge in [0.05, 0.1) is 18.8 Å². The number of hydrogen-bond acceptors (Lipinski definition) is 7. The summed E-state index contributed by atoms with van der Waals surface area (Å²) < 4.78 is 5.38. The lowest BCUT2D eigenvalue weighted by molar-refractivity contribution is 0.193. The second-order valence-electron chi connectivity index (χ2n) is 4.38. The molecule has 1 aliphatic heterocycles. The molecule has 0 radical (unpaired) electrons. The largest absolute Gasteiger partial charge is 0.381 e. The number of ether oxygens (including phenoxy) is 1. The van der Waals surface area contributed by atoms with E-state index in [0.29, 0.717) is 25.0 Å². The van der Waals surface area contributed by atoms with E-state index < -0.39 is 0 Å². The van der Waals surface area contributed by atoms with Crippen LogP contribution >= 0.6 is 11.3 Å². The van der Waals surface area contributed by atoms with Gasteiger partial charge in [0.25, 0.3) is 0 Å². The van der Waals surface area contributed by atoms with E-state index in [9.17, 15) is 0 Å². The van der Waals surface area contributed by atoms with Crippen LogP contribution in [-0.4, -0.2) is 28.2 Å². The van der Waals surface area contributed by atoms with Crippen molar-refractivity contribution in [2.45, 2.75) is 18.9 Å². The molecule has 1 unspecified atom stereocenters. The summed E-state index contributed by atoms with van der Waals surface area (Å²) >= 11 is 1.61. The third-order valence-electron chi connectivity index (χ3n) is 3.02. The van der Waals surface area contributed by atoms with Gasteiger partial charge in [-0.1, -0.05) is 0 Å². The SMILES string of the molecule is Nc1nc(NCc2nccs2)cc(C2CCOC2)n1. The molecule has 3 heterocycles. The van der Waals surface area contributed by atoms with Crippen molar-refractivity contribution in [3.05, 3.63) is 28.3 Å². The summed E-state index contributed by atoms with van der Waals surface area (Å²) in [4.78, 5) is 12.7. The molecule has 7 heteroatoms. The van der Waals surface area contributed by atoms with Crippen LogP contribution in [0.25, 0.3) is 0 Å². The van der Waals surface area contributed by atoms with Crippen LogP contribution < -0.4 is 11.1 Å². The molecule has 1 saturated heterocycles. The first kappa shape index (κ1) is 12.3. The van der Waals surface area contributed by atoms with Gasteiger partial charge in [0.2, 0.25) is 5.95 Å². The van der Waals surface area contributed by atoms with Crippen LogP contribution in [0.4, 0.5) is 11.8 Å². The molecule has 19 heavy (non-hydrogen) atoms. The summed E-state index contributed by atoms with van der Waals surface area (Å²) in [5, 5.41) is 6.20. The fourth-order valence-electron chi connectivity index (χ4n) is 2.06.